The summed E-state index contributed by atoms with van der Waals surface area (Å²) in [5, 5.41) is 5.88. The van der Waals surface area contributed by atoms with Gasteiger partial charge in [0.2, 0.25) is 5.91 Å². The molecular formula is C15H14Cl2N6O. The van der Waals surface area contributed by atoms with Crippen LogP contribution in [-0.4, -0.2) is 25.7 Å². The van der Waals surface area contributed by atoms with E-state index in [9.17, 15) is 4.79 Å². The fourth-order valence-electron chi connectivity index (χ4n) is 2.17. The summed E-state index contributed by atoms with van der Waals surface area (Å²) < 4.78 is 1.62. The predicted molar refractivity (Wildman–Crippen MR) is 93.4 cm³/mol. The molecule has 3 aromatic rings. The second kappa shape index (κ2) is 7.02. The average molecular weight is 365 g/mol. The number of hydrogen-bond acceptors (Lipinski definition) is 5. The summed E-state index contributed by atoms with van der Waals surface area (Å²) in [5.74, 6) is 0.358. The van der Waals surface area contributed by atoms with Crippen molar-refractivity contribution in [3.8, 4) is 5.69 Å². The van der Waals surface area contributed by atoms with E-state index < -0.39 is 0 Å². The van der Waals surface area contributed by atoms with E-state index in [1.54, 1.807) is 29.1 Å². The molecule has 0 atom stereocenters. The summed E-state index contributed by atoms with van der Waals surface area (Å²) in [5.41, 5.74) is 6.71. The maximum Gasteiger partial charge on any atom is 0.238 e. The van der Waals surface area contributed by atoms with Crippen molar-refractivity contribution in [3.05, 3.63) is 40.8 Å². The minimum Gasteiger partial charge on any atom is -0.281 e. The van der Waals surface area contributed by atoms with Gasteiger partial charge in [-0.2, -0.15) is 5.10 Å². The van der Waals surface area contributed by atoms with E-state index in [1.807, 2.05) is 6.92 Å². The summed E-state index contributed by atoms with van der Waals surface area (Å²) >= 11 is 12.0. The second-order valence-corrected chi connectivity index (χ2v) is 5.85. The molecule has 0 fully saturated rings. The fraction of sp³-hybridized carbons (Fsp3) is 0.200. The summed E-state index contributed by atoms with van der Waals surface area (Å²) in [6.45, 7) is 1.93. The van der Waals surface area contributed by atoms with Crippen LogP contribution in [0.5, 0.6) is 0 Å². The van der Waals surface area contributed by atoms with Gasteiger partial charge in [-0.25, -0.2) is 14.6 Å². The first kappa shape index (κ1) is 16.5. The van der Waals surface area contributed by atoms with Crippen LogP contribution in [0.4, 0.5) is 5.82 Å². The van der Waals surface area contributed by atoms with Crippen LogP contribution >= 0.6 is 23.2 Å². The fourth-order valence-corrected chi connectivity index (χ4v) is 2.46. The Hall–Kier alpha value is -2.38. The van der Waals surface area contributed by atoms with Crippen molar-refractivity contribution >= 4 is 46.0 Å². The van der Waals surface area contributed by atoms with Crippen LogP contribution in [0.15, 0.2) is 30.7 Å². The molecule has 0 saturated heterocycles. The van der Waals surface area contributed by atoms with Gasteiger partial charge >= 0.3 is 0 Å². The molecule has 0 aliphatic carbocycles. The quantitative estimate of drug-likeness (QED) is 0.678. The van der Waals surface area contributed by atoms with Gasteiger partial charge in [0.1, 0.15) is 6.33 Å². The van der Waals surface area contributed by atoms with Crippen LogP contribution in [0, 0.1) is 0 Å². The van der Waals surface area contributed by atoms with Crippen molar-refractivity contribution in [3.63, 3.8) is 0 Å². The molecule has 7 nitrogen and oxygen atoms in total. The molecule has 0 spiro atoms. The molecule has 0 unspecified atom stereocenters. The van der Waals surface area contributed by atoms with Gasteiger partial charge in [-0.05, 0) is 24.6 Å². The molecule has 124 valence electrons. The first-order valence-electron chi connectivity index (χ1n) is 7.29. The van der Waals surface area contributed by atoms with Crippen LogP contribution in [0.25, 0.3) is 16.7 Å². The molecule has 2 heterocycles. The summed E-state index contributed by atoms with van der Waals surface area (Å²) in [6, 6.07) is 5.19. The molecule has 0 saturated carbocycles. The standard InChI is InChI=1S/C15H14Cl2N6O/c1-2-3-13(24)21-22-14-10-7-20-23(15(10)19-8-18-14)9-4-5-11(16)12(17)6-9/h4-8H,2-3H2,1H3,(H,21,24)(H,18,19,22). The molecule has 2 N–H and O–H groups in total. The van der Waals surface area contributed by atoms with Crippen LogP contribution in [0.3, 0.4) is 0 Å². The number of aromatic nitrogens is 4. The highest BCUT2D eigenvalue weighted by Gasteiger charge is 2.12. The number of amides is 1. The normalized spacial score (nSPS) is 10.8. The monoisotopic (exact) mass is 364 g/mol. The molecular weight excluding hydrogens is 351 g/mol. The van der Waals surface area contributed by atoms with E-state index in [-0.39, 0.29) is 5.91 Å². The third kappa shape index (κ3) is 3.27. The van der Waals surface area contributed by atoms with Crippen LogP contribution in [-0.2, 0) is 4.79 Å². The van der Waals surface area contributed by atoms with Crippen molar-refractivity contribution in [1.82, 2.24) is 25.2 Å². The van der Waals surface area contributed by atoms with E-state index in [2.05, 4.69) is 25.9 Å². The Labute approximate surface area is 148 Å². The van der Waals surface area contributed by atoms with Crippen molar-refractivity contribution in [2.75, 3.05) is 5.43 Å². The number of hydrazine groups is 1. The summed E-state index contributed by atoms with van der Waals surface area (Å²) in [6.07, 6.45) is 4.21. The Morgan fingerprint density at radius 2 is 2.08 bits per heavy atom. The zero-order chi connectivity index (χ0) is 17.1. The lowest BCUT2D eigenvalue weighted by molar-refractivity contribution is -0.120. The Bertz CT molecular complexity index is 895. The molecule has 24 heavy (non-hydrogen) atoms. The van der Waals surface area contributed by atoms with Crippen molar-refractivity contribution in [2.45, 2.75) is 19.8 Å². The SMILES string of the molecule is CCCC(=O)NNc1ncnc2c1cnn2-c1ccc(Cl)c(Cl)c1. The van der Waals surface area contributed by atoms with Gasteiger partial charge in [-0.1, -0.05) is 30.1 Å². The van der Waals surface area contributed by atoms with Gasteiger partial charge in [0.25, 0.3) is 0 Å². The Morgan fingerprint density at radius 1 is 1.25 bits per heavy atom. The number of benzene rings is 1. The van der Waals surface area contributed by atoms with E-state index in [0.29, 0.717) is 33.3 Å². The molecule has 0 aliphatic heterocycles. The van der Waals surface area contributed by atoms with Crippen LogP contribution in [0.1, 0.15) is 19.8 Å². The smallest absolute Gasteiger partial charge is 0.238 e. The van der Waals surface area contributed by atoms with Gasteiger partial charge in [0.15, 0.2) is 11.5 Å². The second-order valence-electron chi connectivity index (χ2n) is 5.04. The lowest BCUT2D eigenvalue weighted by atomic mass is 10.3. The molecule has 0 aliphatic rings. The number of rotatable bonds is 5. The third-order valence-electron chi connectivity index (χ3n) is 3.31. The minimum absolute atomic E-state index is 0.110. The minimum atomic E-state index is -0.110. The van der Waals surface area contributed by atoms with Crippen LogP contribution < -0.4 is 10.9 Å². The Kier molecular flexibility index (Phi) is 4.82. The molecule has 2 aromatic heterocycles. The highest BCUT2D eigenvalue weighted by molar-refractivity contribution is 6.42. The van der Waals surface area contributed by atoms with E-state index in [1.165, 1.54) is 6.33 Å². The number of fused-ring (bicyclic) bond motifs is 1. The molecule has 1 aromatic carbocycles. The van der Waals surface area contributed by atoms with Crippen LogP contribution in [0.2, 0.25) is 10.0 Å². The van der Waals surface area contributed by atoms with Gasteiger partial charge in [-0.3, -0.25) is 15.6 Å². The van der Waals surface area contributed by atoms with Gasteiger partial charge in [0, 0.05) is 6.42 Å². The van der Waals surface area contributed by atoms with E-state index >= 15 is 0 Å². The first-order chi connectivity index (χ1) is 11.6. The number of carbonyl (C=O) groups is 1. The Morgan fingerprint density at radius 3 is 2.83 bits per heavy atom. The van der Waals surface area contributed by atoms with Crippen molar-refractivity contribution in [1.29, 1.82) is 0 Å². The molecule has 1 amide bonds. The van der Waals surface area contributed by atoms with Gasteiger partial charge in [0.05, 0.1) is 27.3 Å². The Balaban J connectivity index is 1.94. The molecule has 0 radical (unpaired) electrons. The highest BCUT2D eigenvalue weighted by atomic mass is 35.5. The predicted octanol–water partition coefficient (Wildman–Crippen LogP) is 3.37. The summed E-state index contributed by atoms with van der Waals surface area (Å²) in [4.78, 5) is 20.0. The number of halogens is 2. The average Bonchev–Trinajstić information content (AvgIpc) is 3.00. The molecule has 3 rings (SSSR count). The van der Waals surface area contributed by atoms with Gasteiger partial charge in [-0.15, -0.1) is 0 Å². The van der Waals surface area contributed by atoms with E-state index in [0.717, 1.165) is 12.1 Å². The number of anilines is 1. The maximum atomic E-state index is 11.6. The summed E-state index contributed by atoms with van der Waals surface area (Å²) in [7, 11) is 0. The topological polar surface area (TPSA) is 84.7 Å². The lowest BCUT2D eigenvalue weighted by Gasteiger charge is -2.08. The highest BCUT2D eigenvalue weighted by Crippen LogP contribution is 2.26. The number of nitrogens with zero attached hydrogens (tertiary/aromatic N) is 4. The number of hydrogen-bond donors (Lipinski definition) is 2. The third-order valence-corrected chi connectivity index (χ3v) is 4.05. The van der Waals surface area contributed by atoms with Crippen molar-refractivity contribution < 1.29 is 4.79 Å². The zero-order valence-corrected chi connectivity index (χ0v) is 14.3. The van der Waals surface area contributed by atoms with Gasteiger partial charge < -0.3 is 0 Å². The number of carbonyl (C=O) groups excluding carboxylic acids is 1. The number of nitrogens with one attached hydrogen (secondary N) is 2. The molecule has 0 bridgehead atoms. The zero-order valence-electron chi connectivity index (χ0n) is 12.8. The first-order valence-corrected chi connectivity index (χ1v) is 8.04. The largest absolute Gasteiger partial charge is 0.281 e. The maximum absolute atomic E-state index is 11.6. The van der Waals surface area contributed by atoms with Crippen molar-refractivity contribution in [2.24, 2.45) is 0 Å². The molecule has 9 heteroatoms. The lowest BCUT2D eigenvalue weighted by Crippen LogP contribution is -2.29. The van der Waals surface area contributed by atoms with E-state index in [4.69, 9.17) is 23.2 Å².